The van der Waals surface area contributed by atoms with E-state index in [0.717, 1.165) is 32.5 Å². The first-order valence-corrected chi connectivity index (χ1v) is 8.37. The van der Waals surface area contributed by atoms with Gasteiger partial charge in [0.2, 0.25) is 5.91 Å². The van der Waals surface area contributed by atoms with Gasteiger partial charge in [0.15, 0.2) is 0 Å². The van der Waals surface area contributed by atoms with Crippen LogP contribution in [0.15, 0.2) is 48.8 Å². The lowest BCUT2D eigenvalue weighted by molar-refractivity contribution is -0.121. The summed E-state index contributed by atoms with van der Waals surface area (Å²) in [6.45, 7) is 2.55. The molecule has 1 aromatic heterocycles. The van der Waals surface area contributed by atoms with E-state index < -0.39 is 0 Å². The Labute approximate surface area is 142 Å². The van der Waals surface area contributed by atoms with Gasteiger partial charge in [0.1, 0.15) is 0 Å². The molecular formula is C19H23N3O2. The third-order valence-electron chi connectivity index (χ3n) is 4.46. The molecule has 0 spiro atoms. The molecule has 1 aliphatic heterocycles. The predicted octanol–water partition coefficient (Wildman–Crippen LogP) is 2.42. The Morgan fingerprint density at radius 1 is 1.29 bits per heavy atom. The van der Waals surface area contributed by atoms with Crippen LogP contribution in [0.1, 0.15) is 24.0 Å². The molecule has 1 amide bonds. The number of pyridine rings is 1. The van der Waals surface area contributed by atoms with Crippen molar-refractivity contribution >= 4 is 11.6 Å². The van der Waals surface area contributed by atoms with Crippen LogP contribution in [0.2, 0.25) is 0 Å². The molecule has 2 heterocycles. The largest absolute Gasteiger partial charge is 0.392 e. The lowest BCUT2D eigenvalue weighted by Crippen LogP contribution is -2.40. The number of nitrogens with one attached hydrogen (secondary N) is 1. The summed E-state index contributed by atoms with van der Waals surface area (Å²) in [7, 11) is 0. The van der Waals surface area contributed by atoms with Gasteiger partial charge >= 0.3 is 0 Å². The predicted molar refractivity (Wildman–Crippen MR) is 93.2 cm³/mol. The number of amides is 1. The van der Waals surface area contributed by atoms with E-state index in [2.05, 4.69) is 27.3 Å². The van der Waals surface area contributed by atoms with E-state index >= 15 is 0 Å². The van der Waals surface area contributed by atoms with Crippen LogP contribution in [0.4, 0.5) is 5.69 Å². The molecule has 5 heteroatoms. The van der Waals surface area contributed by atoms with E-state index in [1.54, 1.807) is 18.5 Å². The SMILES string of the molecule is O=C(Nc1cnccc1CO)C1CCCN(Cc2ccccc2)C1. The minimum atomic E-state index is -0.108. The number of nitrogens with zero attached hydrogens (tertiary/aromatic N) is 2. The summed E-state index contributed by atoms with van der Waals surface area (Å²) in [5.74, 6) is -0.0235. The van der Waals surface area contributed by atoms with Crippen LogP contribution in [0, 0.1) is 5.92 Å². The Balaban J connectivity index is 1.60. The zero-order valence-corrected chi connectivity index (χ0v) is 13.7. The number of anilines is 1. The van der Waals surface area contributed by atoms with Gasteiger partial charge in [-0.1, -0.05) is 30.3 Å². The maximum atomic E-state index is 12.6. The third-order valence-corrected chi connectivity index (χ3v) is 4.46. The van der Waals surface area contributed by atoms with Crippen molar-refractivity contribution in [1.29, 1.82) is 0 Å². The summed E-state index contributed by atoms with van der Waals surface area (Å²) in [4.78, 5) is 18.9. The molecule has 0 bridgehead atoms. The van der Waals surface area contributed by atoms with E-state index in [-0.39, 0.29) is 18.4 Å². The second-order valence-corrected chi connectivity index (χ2v) is 6.24. The van der Waals surface area contributed by atoms with Gasteiger partial charge in [-0.05, 0) is 31.0 Å². The summed E-state index contributed by atoms with van der Waals surface area (Å²) in [5.41, 5.74) is 2.56. The van der Waals surface area contributed by atoms with E-state index in [9.17, 15) is 9.90 Å². The number of likely N-dealkylation sites (tertiary alicyclic amines) is 1. The number of benzene rings is 1. The molecule has 3 rings (SSSR count). The molecule has 2 N–H and O–H groups in total. The molecule has 1 fully saturated rings. The highest BCUT2D eigenvalue weighted by atomic mass is 16.3. The minimum Gasteiger partial charge on any atom is -0.392 e. The topological polar surface area (TPSA) is 65.5 Å². The number of aliphatic hydroxyl groups is 1. The highest BCUT2D eigenvalue weighted by molar-refractivity contribution is 5.93. The van der Waals surface area contributed by atoms with Crippen molar-refractivity contribution in [3.63, 3.8) is 0 Å². The standard InChI is InChI=1S/C19H23N3O2/c23-14-17-8-9-20-11-18(17)21-19(24)16-7-4-10-22(13-16)12-15-5-2-1-3-6-15/h1-3,5-6,8-9,11,16,23H,4,7,10,12-14H2,(H,21,24). The number of aromatic nitrogens is 1. The third kappa shape index (κ3) is 4.19. The molecule has 1 atom stereocenters. The first-order valence-electron chi connectivity index (χ1n) is 8.37. The van der Waals surface area contributed by atoms with Crippen LogP contribution in [-0.2, 0) is 17.9 Å². The maximum Gasteiger partial charge on any atom is 0.228 e. The van der Waals surface area contributed by atoms with E-state index in [1.165, 1.54) is 5.56 Å². The molecule has 5 nitrogen and oxygen atoms in total. The van der Waals surface area contributed by atoms with Crippen LogP contribution in [-0.4, -0.2) is 34.0 Å². The average Bonchev–Trinajstić information content (AvgIpc) is 2.63. The minimum absolute atomic E-state index is 0.00969. The average molecular weight is 325 g/mol. The van der Waals surface area contributed by atoms with Crippen LogP contribution in [0.5, 0.6) is 0 Å². The molecule has 1 aromatic carbocycles. The number of hydrogen-bond acceptors (Lipinski definition) is 4. The smallest absolute Gasteiger partial charge is 0.228 e. The summed E-state index contributed by atoms with van der Waals surface area (Å²) in [5, 5.41) is 12.3. The molecule has 2 aromatic rings. The molecule has 1 aliphatic rings. The Morgan fingerprint density at radius 3 is 2.92 bits per heavy atom. The zero-order valence-electron chi connectivity index (χ0n) is 13.7. The van der Waals surface area contributed by atoms with E-state index in [4.69, 9.17) is 0 Å². The van der Waals surface area contributed by atoms with Crippen LogP contribution in [0.25, 0.3) is 0 Å². The van der Waals surface area contributed by atoms with Gasteiger partial charge in [-0.25, -0.2) is 0 Å². The van der Waals surface area contributed by atoms with Crippen molar-refractivity contribution in [3.8, 4) is 0 Å². The number of carbonyl (C=O) groups excluding carboxylic acids is 1. The highest BCUT2D eigenvalue weighted by Crippen LogP contribution is 2.21. The van der Waals surface area contributed by atoms with Crippen molar-refractivity contribution in [2.45, 2.75) is 26.0 Å². The Bertz CT molecular complexity index is 675. The fourth-order valence-electron chi connectivity index (χ4n) is 3.16. The van der Waals surface area contributed by atoms with Gasteiger partial charge in [0.25, 0.3) is 0 Å². The lowest BCUT2D eigenvalue weighted by Gasteiger charge is -2.32. The van der Waals surface area contributed by atoms with Crippen LogP contribution in [0.3, 0.4) is 0 Å². The van der Waals surface area contributed by atoms with Crippen LogP contribution >= 0.6 is 0 Å². The van der Waals surface area contributed by atoms with Gasteiger partial charge in [-0.2, -0.15) is 0 Å². The monoisotopic (exact) mass is 325 g/mol. The number of piperidine rings is 1. The van der Waals surface area contributed by atoms with Gasteiger partial charge in [0, 0.05) is 24.8 Å². The van der Waals surface area contributed by atoms with Crippen LogP contribution < -0.4 is 5.32 Å². The number of rotatable bonds is 5. The van der Waals surface area contributed by atoms with E-state index in [1.807, 2.05) is 18.2 Å². The Morgan fingerprint density at radius 2 is 2.12 bits per heavy atom. The number of carbonyl (C=O) groups is 1. The van der Waals surface area contributed by atoms with Gasteiger partial charge in [-0.15, -0.1) is 0 Å². The molecule has 1 unspecified atom stereocenters. The summed E-state index contributed by atoms with van der Waals surface area (Å²) >= 11 is 0. The quantitative estimate of drug-likeness (QED) is 0.886. The fourth-order valence-corrected chi connectivity index (χ4v) is 3.16. The second-order valence-electron chi connectivity index (χ2n) is 6.24. The summed E-state index contributed by atoms with van der Waals surface area (Å²) in [6, 6.07) is 12.1. The molecule has 24 heavy (non-hydrogen) atoms. The number of hydrogen-bond donors (Lipinski definition) is 2. The molecule has 126 valence electrons. The van der Waals surface area contributed by atoms with Crippen molar-refractivity contribution in [2.75, 3.05) is 18.4 Å². The fraction of sp³-hybridized carbons (Fsp3) is 0.368. The molecule has 1 saturated heterocycles. The van der Waals surface area contributed by atoms with Gasteiger partial charge in [0.05, 0.1) is 24.4 Å². The first kappa shape index (κ1) is 16.6. The highest BCUT2D eigenvalue weighted by Gasteiger charge is 2.26. The Hall–Kier alpha value is -2.24. The maximum absolute atomic E-state index is 12.6. The molecule has 0 saturated carbocycles. The second kappa shape index (κ2) is 8.04. The normalized spacial score (nSPS) is 18.3. The van der Waals surface area contributed by atoms with Crippen molar-refractivity contribution in [2.24, 2.45) is 5.92 Å². The summed E-state index contributed by atoms with van der Waals surface area (Å²) < 4.78 is 0. The molecular weight excluding hydrogens is 302 g/mol. The van der Waals surface area contributed by atoms with E-state index in [0.29, 0.717) is 11.3 Å². The first-order chi connectivity index (χ1) is 11.8. The number of aliphatic hydroxyl groups excluding tert-OH is 1. The Kier molecular flexibility index (Phi) is 5.56. The van der Waals surface area contributed by atoms with Gasteiger partial charge in [-0.3, -0.25) is 14.7 Å². The van der Waals surface area contributed by atoms with Crippen molar-refractivity contribution in [1.82, 2.24) is 9.88 Å². The van der Waals surface area contributed by atoms with Crippen molar-refractivity contribution in [3.05, 3.63) is 59.9 Å². The molecule has 0 radical (unpaired) electrons. The lowest BCUT2D eigenvalue weighted by atomic mass is 9.96. The van der Waals surface area contributed by atoms with Gasteiger partial charge < -0.3 is 10.4 Å². The van der Waals surface area contributed by atoms with Crippen molar-refractivity contribution < 1.29 is 9.90 Å². The zero-order chi connectivity index (χ0) is 16.8. The summed E-state index contributed by atoms with van der Waals surface area (Å²) in [6.07, 6.45) is 5.12. The molecule has 0 aliphatic carbocycles.